The molecule has 82 valence electrons. The van der Waals surface area contributed by atoms with Crippen molar-refractivity contribution in [3.05, 3.63) is 0 Å². The van der Waals surface area contributed by atoms with E-state index in [4.69, 9.17) is 5.73 Å². The first-order valence-corrected chi connectivity index (χ1v) is 6.40. The third-order valence-electron chi connectivity index (χ3n) is 4.59. The molecule has 0 radical (unpaired) electrons. The summed E-state index contributed by atoms with van der Waals surface area (Å²) in [6, 6.07) is 0.484. The fourth-order valence-electron chi connectivity index (χ4n) is 3.79. The van der Waals surface area contributed by atoms with Crippen molar-refractivity contribution >= 4 is 0 Å². The van der Waals surface area contributed by atoms with E-state index in [-0.39, 0.29) is 0 Å². The van der Waals surface area contributed by atoms with Gasteiger partial charge in [0.15, 0.2) is 0 Å². The summed E-state index contributed by atoms with van der Waals surface area (Å²) in [4.78, 5) is 0. The lowest BCUT2D eigenvalue weighted by atomic mass is 9.60. The van der Waals surface area contributed by atoms with Crippen molar-refractivity contribution in [2.45, 2.75) is 64.8 Å². The molecule has 2 unspecified atom stereocenters. The lowest BCUT2D eigenvalue weighted by Crippen LogP contribution is -2.43. The van der Waals surface area contributed by atoms with Gasteiger partial charge >= 0.3 is 0 Å². The van der Waals surface area contributed by atoms with Crippen molar-refractivity contribution in [3.8, 4) is 0 Å². The predicted molar refractivity (Wildman–Crippen MR) is 61.1 cm³/mol. The van der Waals surface area contributed by atoms with Crippen LogP contribution in [0.5, 0.6) is 0 Å². The van der Waals surface area contributed by atoms with Crippen molar-refractivity contribution in [3.63, 3.8) is 0 Å². The molecule has 0 aliphatic heterocycles. The van der Waals surface area contributed by atoms with E-state index >= 15 is 0 Å². The summed E-state index contributed by atoms with van der Waals surface area (Å²) in [7, 11) is 0. The number of hydrogen-bond acceptors (Lipinski definition) is 1. The molecular formula is C13H25N. The Morgan fingerprint density at radius 1 is 1.21 bits per heavy atom. The highest BCUT2D eigenvalue weighted by molar-refractivity contribution is 5.01. The van der Waals surface area contributed by atoms with Gasteiger partial charge in [-0.05, 0) is 49.4 Å². The van der Waals surface area contributed by atoms with Crippen molar-refractivity contribution in [1.29, 1.82) is 0 Å². The van der Waals surface area contributed by atoms with E-state index in [0.29, 0.717) is 11.5 Å². The molecule has 2 aliphatic carbocycles. The van der Waals surface area contributed by atoms with Gasteiger partial charge in [0, 0.05) is 6.04 Å². The summed E-state index contributed by atoms with van der Waals surface area (Å²) in [5, 5.41) is 0. The minimum absolute atomic E-state index is 0.484. The molecule has 1 heteroatoms. The third kappa shape index (κ3) is 1.71. The molecule has 2 saturated carbocycles. The van der Waals surface area contributed by atoms with Crippen molar-refractivity contribution in [1.82, 2.24) is 0 Å². The first kappa shape index (κ1) is 10.5. The molecule has 2 rings (SSSR count). The molecule has 14 heavy (non-hydrogen) atoms. The maximum Gasteiger partial charge on any atom is 0.00748 e. The largest absolute Gasteiger partial charge is 0.327 e. The second kappa shape index (κ2) is 3.84. The number of rotatable bonds is 3. The molecule has 1 spiro atoms. The number of hydrogen-bond donors (Lipinski definition) is 1. The van der Waals surface area contributed by atoms with Gasteiger partial charge in [0.05, 0.1) is 0 Å². The Labute approximate surface area is 88.4 Å². The minimum Gasteiger partial charge on any atom is -0.327 e. The fraction of sp³-hybridized carbons (Fsp3) is 1.00. The zero-order chi connectivity index (χ0) is 10.2. The molecule has 0 saturated heterocycles. The molecule has 2 N–H and O–H groups in total. The normalized spacial score (nSPS) is 32.1. The summed E-state index contributed by atoms with van der Waals surface area (Å²) < 4.78 is 0. The average Bonchev–Trinajstić information content (AvgIpc) is 2.44. The summed E-state index contributed by atoms with van der Waals surface area (Å²) >= 11 is 0. The van der Waals surface area contributed by atoms with Crippen molar-refractivity contribution in [2.75, 3.05) is 0 Å². The molecule has 0 amide bonds. The van der Waals surface area contributed by atoms with E-state index in [9.17, 15) is 0 Å². The van der Waals surface area contributed by atoms with E-state index in [0.717, 1.165) is 11.8 Å². The van der Waals surface area contributed by atoms with Gasteiger partial charge in [0.1, 0.15) is 0 Å². The topological polar surface area (TPSA) is 26.0 Å². The smallest absolute Gasteiger partial charge is 0.00748 e. The van der Waals surface area contributed by atoms with Gasteiger partial charge in [0.2, 0.25) is 0 Å². The predicted octanol–water partition coefficient (Wildman–Crippen LogP) is 3.33. The first-order valence-electron chi connectivity index (χ1n) is 6.40. The molecule has 0 aromatic rings. The van der Waals surface area contributed by atoms with Crippen LogP contribution in [0.3, 0.4) is 0 Å². The summed E-state index contributed by atoms with van der Waals surface area (Å²) in [5.74, 6) is 1.63. The number of nitrogens with two attached hydrogens (primary N) is 1. The second-order valence-electron chi connectivity index (χ2n) is 6.01. The minimum atomic E-state index is 0.484. The van der Waals surface area contributed by atoms with Crippen LogP contribution in [0.1, 0.15) is 58.8 Å². The van der Waals surface area contributed by atoms with E-state index in [1.54, 1.807) is 0 Å². The molecule has 0 aromatic carbocycles. The van der Waals surface area contributed by atoms with Crippen LogP contribution < -0.4 is 5.73 Å². The fourth-order valence-corrected chi connectivity index (χ4v) is 3.79. The van der Waals surface area contributed by atoms with Crippen LogP contribution in [0.15, 0.2) is 0 Å². The maximum atomic E-state index is 6.36. The molecule has 2 aliphatic rings. The van der Waals surface area contributed by atoms with Crippen LogP contribution in [0.4, 0.5) is 0 Å². The van der Waals surface area contributed by atoms with E-state index in [1.165, 1.54) is 44.9 Å². The van der Waals surface area contributed by atoms with Gasteiger partial charge in [-0.25, -0.2) is 0 Å². The zero-order valence-corrected chi connectivity index (χ0v) is 9.76. The molecule has 0 aromatic heterocycles. The van der Waals surface area contributed by atoms with Gasteiger partial charge in [0.25, 0.3) is 0 Å². The van der Waals surface area contributed by atoms with E-state index in [1.807, 2.05) is 0 Å². The van der Waals surface area contributed by atoms with Gasteiger partial charge in [-0.15, -0.1) is 0 Å². The molecule has 2 fully saturated rings. The van der Waals surface area contributed by atoms with Gasteiger partial charge in [-0.2, -0.15) is 0 Å². The summed E-state index contributed by atoms with van der Waals surface area (Å²) in [6.45, 7) is 4.59. The highest BCUT2D eigenvalue weighted by Gasteiger charge is 2.48. The highest BCUT2D eigenvalue weighted by atomic mass is 14.7. The first-order chi connectivity index (χ1) is 6.64. The Kier molecular flexibility index (Phi) is 2.88. The van der Waals surface area contributed by atoms with E-state index < -0.39 is 0 Å². The monoisotopic (exact) mass is 195 g/mol. The molecular weight excluding hydrogens is 170 g/mol. The Balaban J connectivity index is 1.95. The molecule has 2 atom stereocenters. The highest BCUT2D eigenvalue weighted by Crippen LogP contribution is 2.57. The second-order valence-corrected chi connectivity index (χ2v) is 6.01. The van der Waals surface area contributed by atoms with Crippen LogP contribution in [-0.2, 0) is 0 Å². The van der Waals surface area contributed by atoms with E-state index in [2.05, 4.69) is 13.8 Å². The molecule has 1 nitrogen and oxygen atoms in total. The molecule has 0 heterocycles. The summed E-state index contributed by atoms with van der Waals surface area (Å²) in [5.41, 5.74) is 7.08. The lowest BCUT2D eigenvalue weighted by Gasteiger charge is -2.46. The maximum absolute atomic E-state index is 6.36. The third-order valence-corrected chi connectivity index (χ3v) is 4.59. The summed E-state index contributed by atoms with van der Waals surface area (Å²) in [6.07, 6.45) is 9.97. The molecule has 0 bridgehead atoms. The van der Waals surface area contributed by atoms with Crippen LogP contribution >= 0.6 is 0 Å². The Morgan fingerprint density at radius 3 is 2.36 bits per heavy atom. The van der Waals surface area contributed by atoms with Crippen LogP contribution in [0, 0.1) is 17.3 Å². The van der Waals surface area contributed by atoms with Crippen molar-refractivity contribution in [2.24, 2.45) is 23.0 Å². The standard InChI is InChI=1S/C13H25N/c1-10(2)9-12(14)11-5-3-6-13(11)7-4-8-13/h10-12H,3-9,14H2,1-2H3. The Bertz CT molecular complexity index is 193. The lowest BCUT2D eigenvalue weighted by molar-refractivity contribution is 0.0583. The van der Waals surface area contributed by atoms with Gasteiger partial charge in [-0.3, -0.25) is 0 Å². The van der Waals surface area contributed by atoms with Crippen molar-refractivity contribution < 1.29 is 0 Å². The average molecular weight is 195 g/mol. The Morgan fingerprint density at radius 2 is 1.86 bits per heavy atom. The quantitative estimate of drug-likeness (QED) is 0.734. The van der Waals surface area contributed by atoms with Crippen LogP contribution in [0.25, 0.3) is 0 Å². The Hall–Kier alpha value is -0.0400. The SMILES string of the molecule is CC(C)CC(N)C1CCCC12CCC2. The van der Waals surface area contributed by atoms with Crippen LogP contribution in [0.2, 0.25) is 0 Å². The zero-order valence-electron chi connectivity index (χ0n) is 9.76. The van der Waals surface area contributed by atoms with Gasteiger partial charge < -0.3 is 5.73 Å². The van der Waals surface area contributed by atoms with Crippen LogP contribution in [-0.4, -0.2) is 6.04 Å². The van der Waals surface area contributed by atoms with Gasteiger partial charge in [-0.1, -0.05) is 26.7 Å².